The van der Waals surface area contributed by atoms with Crippen LogP contribution in [-0.4, -0.2) is 10.7 Å². The van der Waals surface area contributed by atoms with Gasteiger partial charge in [-0.05, 0) is 0 Å². The average molecular weight is 57.0 g/mol. The largest absolute Gasteiger partial charge is 1.00 e. The molecule has 0 spiro atoms. The second kappa shape index (κ2) is 93.6. The molecule has 0 bridgehead atoms. The fourth-order valence-corrected chi connectivity index (χ4v) is 0. The van der Waals surface area contributed by atoms with Crippen molar-refractivity contribution in [2.24, 2.45) is 0 Å². The Morgan fingerprint density at radius 1 is 1.25 bits per heavy atom. The molecule has 0 heterocycles. The van der Waals surface area contributed by atoms with Gasteiger partial charge < -0.3 is 16.6 Å². The van der Waals surface area contributed by atoms with E-state index in [1.165, 1.54) is 0 Å². The summed E-state index contributed by atoms with van der Waals surface area (Å²) in [7, 11) is 0. The molecule has 0 aromatic rings. The summed E-state index contributed by atoms with van der Waals surface area (Å²) in [5.74, 6) is 4.75. The molecule has 22 valence electrons. The Morgan fingerprint density at radius 3 is 1.25 bits per heavy atom. The van der Waals surface area contributed by atoms with Gasteiger partial charge in [0.1, 0.15) is 0 Å². The number of hydrogen-bond donors (Lipinski definition) is 1. The molecule has 0 aliphatic carbocycles. The third kappa shape index (κ3) is 23.7. The van der Waals surface area contributed by atoms with Gasteiger partial charge in [-0.2, -0.15) is 0 Å². The molecule has 0 aliphatic heterocycles. The van der Waals surface area contributed by atoms with Crippen molar-refractivity contribution >= 4 is 0 Å². The first kappa shape index (κ1) is 24.8. The molecule has 4 N–H and O–H groups in total. The smallest absolute Gasteiger partial charge is 0.553 e. The van der Waals surface area contributed by atoms with Crippen molar-refractivity contribution in [3.8, 4) is 0 Å². The van der Waals surface area contributed by atoms with Crippen LogP contribution in [-0.2, 0) is 0 Å². The van der Waals surface area contributed by atoms with Crippen molar-refractivity contribution in [2.45, 2.75) is 0 Å². The Labute approximate surface area is 36.2 Å². The third-order valence-corrected chi connectivity index (χ3v) is 0. The van der Waals surface area contributed by atoms with E-state index in [-0.39, 0.29) is 24.3 Å². The van der Waals surface area contributed by atoms with Gasteiger partial charge in [-0.25, -0.2) is 0 Å². The van der Waals surface area contributed by atoms with Gasteiger partial charge in [0.2, 0.25) is 0 Å². The van der Waals surface area contributed by atoms with E-state index < -0.39 is 0 Å². The first-order valence-electron chi connectivity index (χ1n) is 0.224. The van der Waals surface area contributed by atoms with Gasteiger partial charge in [0.25, 0.3) is 0 Å². The maximum absolute atomic E-state index is 6.25. The van der Waals surface area contributed by atoms with Crippen molar-refractivity contribution < 1.29 is 29.5 Å². The van der Waals surface area contributed by atoms with Gasteiger partial charge >= 0.3 is 18.9 Å². The summed E-state index contributed by atoms with van der Waals surface area (Å²) >= 11 is 0. The van der Waals surface area contributed by atoms with Crippen LogP contribution < -0.4 is 18.9 Å². The van der Waals surface area contributed by atoms with E-state index in [0.717, 1.165) is 0 Å². The zero-order valence-electron chi connectivity index (χ0n) is 2.45. The summed E-state index contributed by atoms with van der Waals surface area (Å²) < 4.78 is 0. The predicted octanol–water partition coefficient (Wildman–Crippen LogP) is -3.39. The summed E-state index contributed by atoms with van der Waals surface area (Å²) in [6, 6.07) is 0. The second-order valence-corrected chi connectivity index (χ2v) is 0. The minimum Gasteiger partial charge on any atom is -0.553 e. The molecule has 0 aromatic heterocycles. The van der Waals surface area contributed by atoms with Gasteiger partial charge in [-0.1, -0.05) is 0 Å². The van der Waals surface area contributed by atoms with Crippen LogP contribution >= 0.6 is 0 Å². The van der Waals surface area contributed by atoms with Crippen LogP contribution in [0.2, 0.25) is 0 Å². The van der Waals surface area contributed by atoms with Crippen molar-refractivity contribution in [3.05, 3.63) is 5.90 Å². The Hall–Kier alpha value is 0.477. The Bertz CT molecular complexity index is 6.00. The monoisotopic (exact) mass is 57.0 g/mol. The fourth-order valence-electron chi connectivity index (χ4n) is 0. The van der Waals surface area contributed by atoms with Gasteiger partial charge in [0.05, 0.1) is 0 Å². The van der Waals surface area contributed by atoms with Crippen LogP contribution in [0.4, 0.5) is 0 Å². The molecule has 0 unspecified atom stereocenters. The Balaban J connectivity index is -0.00000000500. The molecule has 4 heavy (non-hydrogen) atoms. The third-order valence-electron chi connectivity index (χ3n) is 0. The summed E-state index contributed by atoms with van der Waals surface area (Å²) in [5, 5.41) is 6.25. The van der Waals surface area contributed by atoms with Gasteiger partial charge in [0.15, 0.2) is 0 Å². The molecule has 0 atom stereocenters. The van der Waals surface area contributed by atoms with Gasteiger partial charge in [-0.15, -0.1) is 0 Å². The zero-order chi connectivity index (χ0) is 2.00. The van der Waals surface area contributed by atoms with Crippen LogP contribution in [0, 0.1) is 0 Å². The van der Waals surface area contributed by atoms with E-state index in [4.69, 9.17) is 11.1 Å². The number of hydrogen-bond acceptors (Lipinski definition) is 1. The molecular weight excluding hydrogens is 52.9 g/mol. The second-order valence-electron chi connectivity index (χ2n) is 0. The normalized spacial score (nSPS) is 1.50. The maximum Gasteiger partial charge on any atom is 1.00 e. The first-order chi connectivity index (χ1) is 1.00. The molecule has 0 amide bonds. The minimum atomic E-state index is 0. The molecule has 0 aliphatic rings. The topological polar surface area (TPSA) is 75.5 Å². The predicted molar refractivity (Wildman–Crippen MR) is 9.72 cm³/mol. The van der Waals surface area contributed by atoms with Crippen LogP contribution in [0.5, 0.6) is 0 Å². The van der Waals surface area contributed by atoms with E-state index >= 15 is 0 Å². The average Bonchev–Trinajstić information content (AvgIpc) is 1.00. The standard InChI is InChI=1S/Li.H2NO.H2O/c;1-2;/h;1-2H;1H2/q+1;-1;. The van der Waals surface area contributed by atoms with Crippen molar-refractivity contribution in [3.63, 3.8) is 0 Å². The molecule has 4 heteroatoms. The molecular formula is H4LiNO2. The minimum absolute atomic E-state index is 0. The molecule has 3 nitrogen and oxygen atoms in total. The Kier molecular flexibility index (Phi) is 581. The first-order valence-corrected chi connectivity index (χ1v) is 0.224. The molecule has 0 fully saturated rings. The maximum atomic E-state index is 6.25. The number of nitrogens with one attached hydrogen (secondary N) is 1. The van der Waals surface area contributed by atoms with Crippen LogP contribution in [0.15, 0.2) is 0 Å². The van der Waals surface area contributed by atoms with E-state index in [0.29, 0.717) is 0 Å². The van der Waals surface area contributed by atoms with E-state index in [2.05, 4.69) is 0 Å². The molecule has 0 radical (unpaired) electrons. The molecule has 0 rings (SSSR count). The molecule has 0 aromatic carbocycles. The van der Waals surface area contributed by atoms with Crippen LogP contribution in [0.3, 0.4) is 0 Å². The van der Waals surface area contributed by atoms with Crippen molar-refractivity contribution in [1.29, 1.82) is 0 Å². The van der Waals surface area contributed by atoms with Crippen LogP contribution in [0.1, 0.15) is 0 Å². The van der Waals surface area contributed by atoms with Gasteiger partial charge in [0, 0.05) is 0 Å². The quantitative estimate of drug-likeness (QED) is 0.228. The molecule has 0 saturated carbocycles. The van der Waals surface area contributed by atoms with E-state index in [1.807, 2.05) is 0 Å². The van der Waals surface area contributed by atoms with E-state index in [1.54, 1.807) is 0 Å². The van der Waals surface area contributed by atoms with Crippen LogP contribution in [0.25, 0.3) is 5.90 Å². The summed E-state index contributed by atoms with van der Waals surface area (Å²) in [6.45, 7) is 0. The Morgan fingerprint density at radius 2 is 1.25 bits per heavy atom. The molecule has 0 saturated heterocycles. The SMILES string of the molecule is O.[Li+].[NH-]O. The summed E-state index contributed by atoms with van der Waals surface area (Å²) in [6.07, 6.45) is 0. The van der Waals surface area contributed by atoms with E-state index in [9.17, 15) is 0 Å². The summed E-state index contributed by atoms with van der Waals surface area (Å²) in [4.78, 5) is 0. The number of rotatable bonds is 0. The van der Waals surface area contributed by atoms with Gasteiger partial charge in [-0.3, -0.25) is 0 Å². The van der Waals surface area contributed by atoms with Crippen molar-refractivity contribution in [1.82, 2.24) is 0 Å². The summed E-state index contributed by atoms with van der Waals surface area (Å²) in [5.41, 5.74) is 0. The zero-order valence-corrected chi connectivity index (χ0v) is 2.45. The van der Waals surface area contributed by atoms with Crippen molar-refractivity contribution in [2.75, 3.05) is 0 Å². The fraction of sp³-hybridized carbons (Fsp3) is 0.